The van der Waals surface area contributed by atoms with E-state index in [1.54, 1.807) is 0 Å². The summed E-state index contributed by atoms with van der Waals surface area (Å²) < 4.78 is 7.18. The zero-order valence-corrected chi connectivity index (χ0v) is 12.3. The summed E-state index contributed by atoms with van der Waals surface area (Å²) in [7, 11) is 0. The zero-order valence-electron chi connectivity index (χ0n) is 11.5. The molecule has 1 unspecified atom stereocenters. The number of halogens is 1. The number of hydrogen-bond donors (Lipinski definition) is 3. The molecule has 3 rings (SSSR count). The van der Waals surface area contributed by atoms with E-state index < -0.39 is 24.5 Å². The van der Waals surface area contributed by atoms with E-state index in [9.17, 15) is 10.2 Å². The maximum absolute atomic E-state index is 10.2. The van der Waals surface area contributed by atoms with Crippen LogP contribution >= 0.6 is 11.6 Å². The smallest absolute Gasteiger partial charge is 0.207 e. The fourth-order valence-corrected chi connectivity index (χ4v) is 2.84. The molecule has 0 aromatic carbocycles. The third kappa shape index (κ3) is 2.15. The van der Waals surface area contributed by atoms with Crippen molar-refractivity contribution in [2.24, 2.45) is 5.92 Å². The Balaban J connectivity index is 2.09. The van der Waals surface area contributed by atoms with E-state index in [-0.39, 0.29) is 17.0 Å². The van der Waals surface area contributed by atoms with Gasteiger partial charge in [-0.15, -0.1) is 0 Å². The fourth-order valence-electron chi connectivity index (χ4n) is 2.58. The number of imidazole rings is 1. The Bertz CT molecular complexity index is 676. The van der Waals surface area contributed by atoms with Crippen molar-refractivity contribution in [3.8, 4) is 0 Å². The van der Waals surface area contributed by atoms with Crippen LogP contribution in [0.1, 0.15) is 20.1 Å². The van der Waals surface area contributed by atoms with Crippen LogP contribution in [0.25, 0.3) is 11.2 Å². The molecule has 4 atom stereocenters. The molecule has 1 saturated heterocycles. The van der Waals surface area contributed by atoms with Gasteiger partial charge in [0.2, 0.25) is 5.28 Å². The summed E-state index contributed by atoms with van der Waals surface area (Å²) in [5, 5.41) is 20.4. The SMILES string of the molecule is CC(C)[C@H]1O[C@@H](n2c(Cl)nc3c(N)ncnc32)C(O)[C@H]1O. The quantitative estimate of drug-likeness (QED) is 0.684. The number of nitrogens with two attached hydrogens (primary N) is 1. The highest BCUT2D eigenvalue weighted by molar-refractivity contribution is 6.29. The lowest BCUT2D eigenvalue weighted by Gasteiger charge is -2.18. The van der Waals surface area contributed by atoms with Crippen molar-refractivity contribution in [3.05, 3.63) is 11.6 Å². The number of fused-ring (bicyclic) bond motifs is 1. The molecule has 0 saturated carbocycles. The van der Waals surface area contributed by atoms with Gasteiger partial charge in [0.25, 0.3) is 0 Å². The molecule has 1 aliphatic heterocycles. The Morgan fingerprint density at radius 3 is 2.67 bits per heavy atom. The lowest BCUT2D eigenvalue weighted by Crippen LogP contribution is -2.34. The van der Waals surface area contributed by atoms with Crippen LogP contribution in [0, 0.1) is 5.92 Å². The minimum absolute atomic E-state index is 0.0351. The average molecular weight is 314 g/mol. The molecular formula is C12H16ClN5O3. The van der Waals surface area contributed by atoms with Crippen LogP contribution < -0.4 is 5.73 Å². The Kier molecular flexibility index (Phi) is 3.48. The summed E-state index contributed by atoms with van der Waals surface area (Å²) in [6.07, 6.45) is -2.24. The molecular weight excluding hydrogens is 298 g/mol. The Hall–Kier alpha value is -1.48. The van der Waals surface area contributed by atoms with Gasteiger partial charge in [-0.2, -0.15) is 0 Å². The fraction of sp³-hybridized carbons (Fsp3) is 0.583. The molecule has 2 aromatic rings. The van der Waals surface area contributed by atoms with Crippen LogP contribution in [0.3, 0.4) is 0 Å². The Labute approximate surface area is 125 Å². The largest absolute Gasteiger partial charge is 0.388 e. The normalized spacial score (nSPS) is 29.6. The van der Waals surface area contributed by atoms with Crippen LogP contribution in [0.5, 0.6) is 0 Å². The van der Waals surface area contributed by atoms with Crippen LogP contribution in [0.2, 0.25) is 5.28 Å². The highest BCUT2D eigenvalue weighted by atomic mass is 35.5. The Morgan fingerprint density at radius 2 is 2.05 bits per heavy atom. The molecule has 9 heteroatoms. The second-order valence-electron chi connectivity index (χ2n) is 5.40. The molecule has 0 spiro atoms. The van der Waals surface area contributed by atoms with Gasteiger partial charge in [0.05, 0.1) is 6.10 Å². The summed E-state index contributed by atoms with van der Waals surface area (Å²) in [6, 6.07) is 0. The first-order valence-corrected chi connectivity index (χ1v) is 6.95. The molecule has 4 N–H and O–H groups in total. The van der Waals surface area contributed by atoms with Gasteiger partial charge in [0.15, 0.2) is 23.2 Å². The van der Waals surface area contributed by atoms with E-state index in [2.05, 4.69) is 15.0 Å². The van der Waals surface area contributed by atoms with Crippen molar-refractivity contribution < 1.29 is 14.9 Å². The number of ether oxygens (including phenoxy) is 1. The van der Waals surface area contributed by atoms with Crippen molar-refractivity contribution in [3.63, 3.8) is 0 Å². The van der Waals surface area contributed by atoms with Gasteiger partial charge < -0.3 is 20.7 Å². The lowest BCUT2D eigenvalue weighted by molar-refractivity contribution is -0.0491. The van der Waals surface area contributed by atoms with Crippen molar-refractivity contribution in [2.45, 2.75) is 38.4 Å². The van der Waals surface area contributed by atoms with Gasteiger partial charge in [-0.3, -0.25) is 4.57 Å². The molecule has 0 bridgehead atoms. The third-order valence-electron chi connectivity index (χ3n) is 3.65. The predicted octanol–water partition coefficient (Wildman–Crippen LogP) is 0.337. The number of aliphatic hydroxyl groups is 2. The molecule has 3 heterocycles. The molecule has 1 aliphatic rings. The van der Waals surface area contributed by atoms with Crippen LogP contribution in [0.15, 0.2) is 6.33 Å². The summed E-state index contributed by atoms with van der Waals surface area (Å²) in [4.78, 5) is 12.0. The first-order chi connectivity index (χ1) is 9.91. The monoisotopic (exact) mass is 313 g/mol. The predicted molar refractivity (Wildman–Crippen MR) is 75.5 cm³/mol. The van der Waals surface area contributed by atoms with Crippen LogP contribution in [0.4, 0.5) is 5.82 Å². The van der Waals surface area contributed by atoms with E-state index >= 15 is 0 Å². The van der Waals surface area contributed by atoms with Crippen molar-refractivity contribution >= 4 is 28.6 Å². The number of anilines is 1. The van der Waals surface area contributed by atoms with E-state index in [4.69, 9.17) is 22.1 Å². The minimum atomic E-state index is -1.14. The maximum atomic E-state index is 10.2. The number of hydrogen-bond acceptors (Lipinski definition) is 7. The lowest BCUT2D eigenvalue weighted by atomic mass is 10.0. The Morgan fingerprint density at radius 1 is 1.33 bits per heavy atom. The van der Waals surface area contributed by atoms with Crippen molar-refractivity contribution in [1.29, 1.82) is 0 Å². The minimum Gasteiger partial charge on any atom is -0.388 e. The standard InChI is InChI=1S/C12H16ClN5O3/c1-4(2)8-6(19)7(20)11(21-8)18-10-5(17-12(18)13)9(14)15-3-16-10/h3-4,6-8,11,19-20H,1-2H3,(H2,14,15,16)/t6-,7?,8-,11-/m1/s1. The van der Waals surface area contributed by atoms with E-state index in [0.29, 0.717) is 11.2 Å². The van der Waals surface area contributed by atoms with Crippen LogP contribution in [-0.2, 0) is 4.74 Å². The summed E-state index contributed by atoms with van der Waals surface area (Å²) in [6.45, 7) is 3.80. The summed E-state index contributed by atoms with van der Waals surface area (Å²) >= 11 is 6.12. The molecule has 0 amide bonds. The highest BCUT2D eigenvalue weighted by Gasteiger charge is 2.46. The topological polar surface area (TPSA) is 119 Å². The number of aromatic nitrogens is 4. The van der Waals surface area contributed by atoms with Gasteiger partial charge in [0.1, 0.15) is 18.5 Å². The molecule has 0 radical (unpaired) electrons. The van der Waals surface area contributed by atoms with Crippen molar-refractivity contribution in [1.82, 2.24) is 19.5 Å². The van der Waals surface area contributed by atoms with Crippen molar-refractivity contribution in [2.75, 3.05) is 5.73 Å². The van der Waals surface area contributed by atoms with E-state index in [0.717, 1.165) is 0 Å². The second kappa shape index (κ2) is 5.06. The summed E-state index contributed by atoms with van der Waals surface area (Å²) in [5.74, 6) is 0.224. The zero-order chi connectivity index (χ0) is 15.3. The molecule has 1 fully saturated rings. The molecule has 114 valence electrons. The molecule has 8 nitrogen and oxygen atoms in total. The maximum Gasteiger partial charge on any atom is 0.207 e. The van der Waals surface area contributed by atoms with Gasteiger partial charge in [-0.1, -0.05) is 13.8 Å². The number of aliphatic hydroxyl groups excluding tert-OH is 2. The highest BCUT2D eigenvalue weighted by Crippen LogP contribution is 2.36. The second-order valence-corrected chi connectivity index (χ2v) is 5.74. The molecule has 0 aliphatic carbocycles. The van der Waals surface area contributed by atoms with Crippen LogP contribution in [-0.4, -0.2) is 48.0 Å². The van der Waals surface area contributed by atoms with Gasteiger partial charge >= 0.3 is 0 Å². The van der Waals surface area contributed by atoms with E-state index in [1.165, 1.54) is 10.9 Å². The third-order valence-corrected chi connectivity index (χ3v) is 3.92. The van der Waals surface area contributed by atoms with E-state index in [1.807, 2.05) is 13.8 Å². The van der Waals surface area contributed by atoms with Gasteiger partial charge in [-0.05, 0) is 17.5 Å². The number of nitrogens with zero attached hydrogens (tertiary/aromatic N) is 4. The first-order valence-electron chi connectivity index (χ1n) is 6.57. The number of nitrogen functional groups attached to an aromatic ring is 1. The molecule has 21 heavy (non-hydrogen) atoms. The number of rotatable bonds is 2. The van der Waals surface area contributed by atoms with Gasteiger partial charge in [0, 0.05) is 0 Å². The average Bonchev–Trinajstić information content (AvgIpc) is 2.90. The van der Waals surface area contributed by atoms with Gasteiger partial charge in [-0.25, -0.2) is 15.0 Å². The molecule has 2 aromatic heterocycles. The first kappa shape index (κ1) is 14.5. The summed E-state index contributed by atoms with van der Waals surface area (Å²) in [5.41, 5.74) is 6.43.